The van der Waals surface area contributed by atoms with E-state index in [-0.39, 0.29) is 24.0 Å². The fraction of sp³-hybridized carbons (Fsp3) is 0.444. The molecule has 1 atom stereocenters. The number of nitrogens with one attached hydrogen (secondary N) is 3. The number of rotatable bonds is 11. The topological polar surface area (TPSA) is 169 Å². The molecule has 0 radical (unpaired) electrons. The molecule has 3 aliphatic heterocycles. The Kier molecular flexibility index (Phi) is 9.18. The maximum atomic E-state index is 13.1. The number of hydrogen-bond acceptors (Lipinski definition) is 10. The lowest BCUT2D eigenvalue weighted by molar-refractivity contribution is -0.136. The fourth-order valence-electron chi connectivity index (χ4n) is 7.24. The van der Waals surface area contributed by atoms with Crippen molar-refractivity contribution in [2.75, 3.05) is 31.6 Å². The van der Waals surface area contributed by atoms with E-state index in [0.29, 0.717) is 24.4 Å². The van der Waals surface area contributed by atoms with Gasteiger partial charge in [0.1, 0.15) is 6.04 Å². The zero-order chi connectivity index (χ0) is 33.2. The largest absolute Gasteiger partial charge is 0.388 e. The summed E-state index contributed by atoms with van der Waals surface area (Å²) in [5.41, 5.74) is 12.2. The molecule has 4 aliphatic rings. The second-order valence-corrected chi connectivity index (χ2v) is 13.2. The monoisotopic (exact) mass is 651 g/mol. The third-order valence-corrected chi connectivity index (χ3v) is 10.1. The Balaban J connectivity index is 0.867. The van der Waals surface area contributed by atoms with Crippen LogP contribution in [0, 0.1) is 5.92 Å². The Hall–Kier alpha value is -4.68. The number of anilines is 1. The minimum Gasteiger partial charge on any atom is -0.388 e. The van der Waals surface area contributed by atoms with Gasteiger partial charge < -0.3 is 21.1 Å². The first-order valence-electron chi connectivity index (χ1n) is 17.0. The first-order valence-corrected chi connectivity index (χ1v) is 17.0. The minimum absolute atomic E-state index is 0.0958. The normalized spacial score (nSPS) is 23.2. The fourth-order valence-corrected chi connectivity index (χ4v) is 7.24. The quantitative estimate of drug-likeness (QED) is 0.178. The molecule has 7 rings (SSSR count). The summed E-state index contributed by atoms with van der Waals surface area (Å²) >= 11 is 0. The summed E-state index contributed by atoms with van der Waals surface area (Å²) < 4.78 is 5.53. The van der Waals surface area contributed by atoms with Crippen LogP contribution in [-0.2, 0) is 14.3 Å². The van der Waals surface area contributed by atoms with Crippen LogP contribution in [0.1, 0.15) is 89.3 Å². The number of nitrogens with zero attached hydrogens (tertiary/aromatic N) is 3. The maximum absolute atomic E-state index is 13.1. The summed E-state index contributed by atoms with van der Waals surface area (Å²) in [6, 6.07) is 10.9. The van der Waals surface area contributed by atoms with Gasteiger partial charge in [-0.2, -0.15) is 0 Å². The molecule has 12 heteroatoms. The Bertz CT molecular complexity index is 1780. The Labute approximate surface area is 278 Å². The molecule has 1 aromatic heterocycles. The molecule has 3 fully saturated rings. The van der Waals surface area contributed by atoms with Crippen molar-refractivity contribution in [1.29, 1.82) is 0 Å². The van der Waals surface area contributed by atoms with E-state index in [1.807, 2.05) is 6.20 Å². The third kappa shape index (κ3) is 6.54. The Morgan fingerprint density at radius 1 is 1.00 bits per heavy atom. The van der Waals surface area contributed by atoms with Crippen LogP contribution < -0.4 is 21.7 Å². The number of piperidine rings is 1. The number of aromatic nitrogens is 2. The van der Waals surface area contributed by atoms with E-state index < -0.39 is 29.7 Å². The average molecular weight is 652 g/mol. The van der Waals surface area contributed by atoms with Crippen LogP contribution in [0.15, 0.2) is 48.8 Å². The summed E-state index contributed by atoms with van der Waals surface area (Å²) in [6.07, 6.45) is 10.3. The molecule has 4 amide bonds. The molecule has 1 saturated carbocycles. The zero-order valence-corrected chi connectivity index (χ0v) is 26.9. The van der Waals surface area contributed by atoms with Gasteiger partial charge in [-0.1, -0.05) is 6.07 Å². The Morgan fingerprint density at radius 2 is 1.81 bits per heavy atom. The number of imide groups is 2. The lowest BCUT2D eigenvalue weighted by Crippen LogP contribution is -2.54. The van der Waals surface area contributed by atoms with Gasteiger partial charge in [-0.25, -0.2) is 4.98 Å². The number of amides is 4. The van der Waals surface area contributed by atoms with E-state index in [1.165, 1.54) is 5.56 Å². The van der Waals surface area contributed by atoms with Gasteiger partial charge in [0.15, 0.2) is 0 Å². The lowest BCUT2D eigenvalue weighted by atomic mass is 9.77. The van der Waals surface area contributed by atoms with Crippen molar-refractivity contribution in [2.24, 2.45) is 11.7 Å². The molecule has 48 heavy (non-hydrogen) atoms. The predicted octanol–water partition coefficient (Wildman–Crippen LogP) is 3.49. The molecule has 0 spiro atoms. The van der Waals surface area contributed by atoms with Crippen molar-refractivity contribution in [3.05, 3.63) is 71.2 Å². The van der Waals surface area contributed by atoms with E-state index in [0.717, 1.165) is 91.2 Å². The molecule has 12 nitrogen and oxygen atoms in total. The van der Waals surface area contributed by atoms with Crippen LogP contribution in [0.3, 0.4) is 0 Å². The van der Waals surface area contributed by atoms with Crippen LogP contribution in [0.5, 0.6) is 0 Å². The maximum Gasteiger partial charge on any atom is 0.262 e. The van der Waals surface area contributed by atoms with Crippen molar-refractivity contribution in [3.8, 4) is 0 Å². The smallest absolute Gasteiger partial charge is 0.262 e. The summed E-state index contributed by atoms with van der Waals surface area (Å²) in [4.78, 5) is 60.4. The number of fused-ring (bicyclic) bond motifs is 2. The predicted molar refractivity (Wildman–Crippen MR) is 180 cm³/mol. The molecule has 250 valence electrons. The van der Waals surface area contributed by atoms with Gasteiger partial charge in [0.25, 0.3) is 11.8 Å². The molecular formula is C36H41N7O5. The highest BCUT2D eigenvalue weighted by molar-refractivity contribution is 6.23. The van der Waals surface area contributed by atoms with Crippen LogP contribution in [0.4, 0.5) is 5.69 Å². The van der Waals surface area contributed by atoms with Gasteiger partial charge >= 0.3 is 0 Å². The number of hydrogen-bond donors (Lipinski definition) is 4. The van der Waals surface area contributed by atoms with E-state index in [4.69, 9.17) is 15.5 Å². The summed E-state index contributed by atoms with van der Waals surface area (Å²) in [7, 11) is 0. The van der Waals surface area contributed by atoms with E-state index >= 15 is 0 Å². The van der Waals surface area contributed by atoms with Crippen molar-refractivity contribution in [2.45, 2.75) is 69.4 Å². The van der Waals surface area contributed by atoms with Gasteiger partial charge in [-0.3, -0.25) is 34.4 Å². The highest BCUT2D eigenvalue weighted by Gasteiger charge is 2.44. The highest BCUT2D eigenvalue weighted by Crippen LogP contribution is 2.33. The molecular weight excluding hydrogens is 610 g/mol. The average Bonchev–Trinajstić information content (AvgIpc) is 3.33. The van der Waals surface area contributed by atoms with Crippen LogP contribution in [0.2, 0.25) is 0 Å². The molecule has 1 aliphatic carbocycles. The SMILES string of the molecule is NC/C(=C\NC1CC(CCCNc2ccc3c(c2)C(=O)N(C2CCC(=O)NC2=O)C3=O)C1)c1cnc2ccc(C3CCOCC3)cc2n1. The molecule has 3 aromatic rings. The second kappa shape index (κ2) is 13.8. The first kappa shape index (κ1) is 31.9. The second-order valence-electron chi connectivity index (χ2n) is 13.2. The summed E-state index contributed by atoms with van der Waals surface area (Å²) in [6.45, 7) is 2.71. The molecule has 1 unspecified atom stereocenters. The third-order valence-electron chi connectivity index (χ3n) is 10.1. The van der Waals surface area contributed by atoms with Crippen molar-refractivity contribution in [1.82, 2.24) is 25.5 Å². The van der Waals surface area contributed by atoms with Crippen LogP contribution in [0.25, 0.3) is 16.6 Å². The van der Waals surface area contributed by atoms with E-state index in [9.17, 15) is 19.2 Å². The molecule has 2 saturated heterocycles. The van der Waals surface area contributed by atoms with Crippen molar-refractivity contribution in [3.63, 3.8) is 0 Å². The van der Waals surface area contributed by atoms with E-state index in [1.54, 1.807) is 24.4 Å². The van der Waals surface area contributed by atoms with Gasteiger partial charge in [-0.05, 0) is 92.7 Å². The van der Waals surface area contributed by atoms with Crippen LogP contribution >= 0.6 is 0 Å². The van der Waals surface area contributed by atoms with Gasteiger partial charge in [0.05, 0.1) is 34.1 Å². The number of benzene rings is 2. The lowest BCUT2D eigenvalue weighted by Gasteiger charge is -2.36. The van der Waals surface area contributed by atoms with Crippen LogP contribution in [-0.4, -0.2) is 76.9 Å². The summed E-state index contributed by atoms with van der Waals surface area (Å²) in [5.74, 6) is -0.870. The molecule has 4 heterocycles. The number of carbonyl (C=O) groups is 4. The van der Waals surface area contributed by atoms with Gasteiger partial charge in [0.2, 0.25) is 11.8 Å². The molecule has 5 N–H and O–H groups in total. The highest BCUT2D eigenvalue weighted by atomic mass is 16.5. The summed E-state index contributed by atoms with van der Waals surface area (Å²) in [5, 5.41) is 9.14. The molecule has 0 bridgehead atoms. The zero-order valence-electron chi connectivity index (χ0n) is 26.9. The standard InChI is InChI=1S/C36H41N7O5/c37-18-24(31-20-40-29-6-3-23(16-30(29)41-31)22-9-12-48-13-10-22)19-39-26-14-21(15-26)2-1-11-38-25-4-5-27-28(17-25)36(47)43(35(27)46)32-7-8-33(44)42-34(32)45/h3-6,16-17,19-22,26,32,38-39H,1-2,7-15,18,37H2,(H,42,44,45)/b24-19+. The number of ether oxygens (including phenoxy) is 1. The van der Waals surface area contributed by atoms with Crippen molar-refractivity contribution < 1.29 is 23.9 Å². The van der Waals surface area contributed by atoms with Crippen molar-refractivity contribution >= 4 is 45.9 Å². The number of carbonyl (C=O) groups excluding carboxylic acids is 4. The van der Waals surface area contributed by atoms with E-state index in [2.05, 4.69) is 39.1 Å². The Morgan fingerprint density at radius 3 is 2.60 bits per heavy atom. The van der Waals surface area contributed by atoms with Gasteiger partial charge in [-0.15, -0.1) is 0 Å². The van der Waals surface area contributed by atoms with Gasteiger partial charge in [0, 0.05) is 56.2 Å². The molecule has 2 aromatic carbocycles. The minimum atomic E-state index is -0.965. The number of nitrogens with two attached hydrogens (primary N) is 1. The first-order chi connectivity index (χ1) is 23.4.